The maximum Gasteiger partial charge on any atom is 0.242 e. The van der Waals surface area contributed by atoms with E-state index >= 15 is 0 Å². The Morgan fingerprint density at radius 1 is 1.04 bits per heavy atom. The molecule has 28 heavy (non-hydrogen) atoms. The van der Waals surface area contributed by atoms with Gasteiger partial charge < -0.3 is 10.2 Å². The largest absolute Gasteiger partial charge is 0.354 e. The lowest BCUT2D eigenvalue weighted by Crippen LogP contribution is -2.49. The summed E-state index contributed by atoms with van der Waals surface area (Å²) in [6, 6.07) is 17.5. The minimum Gasteiger partial charge on any atom is -0.354 e. The molecule has 0 saturated carbocycles. The van der Waals surface area contributed by atoms with Crippen LogP contribution in [0.3, 0.4) is 0 Å². The molecule has 0 fully saturated rings. The van der Waals surface area contributed by atoms with E-state index in [0.717, 1.165) is 16.9 Å². The molecule has 0 aliphatic rings. The Kier molecular flexibility index (Phi) is 9.08. The zero-order chi connectivity index (χ0) is 20.4. The minimum absolute atomic E-state index is 0.0204. The first-order valence-corrected chi connectivity index (χ1v) is 10.8. The first kappa shape index (κ1) is 22.0. The van der Waals surface area contributed by atoms with Crippen LogP contribution in [-0.2, 0) is 16.1 Å². The highest BCUT2D eigenvalue weighted by Gasteiger charge is 2.28. The monoisotopic (exact) mass is 398 g/mol. The van der Waals surface area contributed by atoms with Crippen molar-refractivity contribution in [3.8, 4) is 0 Å². The Labute approximate surface area is 172 Å². The number of carbonyl (C=O) groups is 2. The van der Waals surface area contributed by atoms with E-state index in [1.807, 2.05) is 75.4 Å². The lowest BCUT2D eigenvalue weighted by molar-refractivity contribution is -0.139. The highest BCUT2D eigenvalue weighted by atomic mass is 32.2. The average Bonchev–Trinajstić information content (AvgIpc) is 2.72. The first-order chi connectivity index (χ1) is 13.5. The Morgan fingerprint density at radius 2 is 1.71 bits per heavy atom. The predicted octanol–water partition coefficient (Wildman–Crippen LogP) is 4.42. The number of carbonyl (C=O) groups excluding carboxylic acids is 2. The molecule has 0 saturated heterocycles. The molecule has 2 aromatic rings. The molecule has 0 unspecified atom stereocenters. The van der Waals surface area contributed by atoms with E-state index in [0.29, 0.717) is 25.3 Å². The van der Waals surface area contributed by atoms with Gasteiger partial charge in [0.2, 0.25) is 11.8 Å². The van der Waals surface area contributed by atoms with Crippen LogP contribution in [0.5, 0.6) is 0 Å². The van der Waals surface area contributed by atoms with Crippen LogP contribution in [0.25, 0.3) is 0 Å². The van der Waals surface area contributed by atoms with Crippen molar-refractivity contribution < 1.29 is 9.59 Å². The smallest absolute Gasteiger partial charge is 0.242 e. The minimum atomic E-state index is -0.460. The lowest BCUT2D eigenvalue weighted by atomic mass is 10.1. The molecule has 0 aliphatic heterocycles. The summed E-state index contributed by atoms with van der Waals surface area (Å²) in [7, 11) is 0. The van der Waals surface area contributed by atoms with Crippen molar-refractivity contribution in [1.29, 1.82) is 0 Å². The third kappa shape index (κ3) is 6.71. The van der Waals surface area contributed by atoms with E-state index in [4.69, 9.17) is 0 Å². The topological polar surface area (TPSA) is 49.4 Å². The Balaban J connectivity index is 2.14. The van der Waals surface area contributed by atoms with Crippen molar-refractivity contribution in [1.82, 2.24) is 10.2 Å². The molecule has 0 radical (unpaired) electrons. The fourth-order valence-corrected chi connectivity index (χ4v) is 3.71. The van der Waals surface area contributed by atoms with E-state index in [2.05, 4.69) is 5.32 Å². The fraction of sp³-hybridized carbons (Fsp3) is 0.391. The van der Waals surface area contributed by atoms with Crippen molar-refractivity contribution in [2.24, 2.45) is 0 Å². The highest BCUT2D eigenvalue weighted by Crippen LogP contribution is 2.21. The molecule has 5 heteroatoms. The third-order valence-electron chi connectivity index (χ3n) is 4.51. The molecule has 2 aromatic carbocycles. The van der Waals surface area contributed by atoms with Crippen LogP contribution in [0.1, 0.15) is 37.8 Å². The van der Waals surface area contributed by atoms with Gasteiger partial charge in [0, 0.05) is 18.0 Å². The van der Waals surface area contributed by atoms with Crippen molar-refractivity contribution in [3.63, 3.8) is 0 Å². The second-order valence-corrected chi connectivity index (χ2v) is 7.87. The van der Waals surface area contributed by atoms with Gasteiger partial charge in [0.25, 0.3) is 0 Å². The molecule has 2 amide bonds. The number of benzene rings is 2. The SMILES string of the molecule is CCCNC(=O)[C@@H](CC)N(Cc1ccccc1)C(=O)CSc1ccc(C)cc1. The van der Waals surface area contributed by atoms with Crippen LogP contribution in [0, 0.1) is 6.92 Å². The van der Waals surface area contributed by atoms with Crippen molar-refractivity contribution in [2.45, 2.75) is 51.1 Å². The van der Waals surface area contributed by atoms with Crippen LogP contribution in [-0.4, -0.2) is 35.1 Å². The van der Waals surface area contributed by atoms with E-state index < -0.39 is 6.04 Å². The second-order valence-electron chi connectivity index (χ2n) is 6.82. The second kappa shape index (κ2) is 11.5. The molecule has 1 N–H and O–H groups in total. The fourth-order valence-electron chi connectivity index (χ4n) is 2.93. The molecular formula is C23H30N2O2S. The normalized spacial score (nSPS) is 11.7. The zero-order valence-corrected chi connectivity index (χ0v) is 17.8. The standard InChI is InChI=1S/C23H30N2O2S/c1-4-15-24-23(27)21(5-2)25(16-19-9-7-6-8-10-19)22(26)17-28-20-13-11-18(3)12-14-20/h6-14,21H,4-5,15-17H2,1-3H3,(H,24,27)/t21-/m1/s1. The molecule has 0 aromatic heterocycles. The van der Waals surface area contributed by atoms with E-state index in [1.165, 1.54) is 17.3 Å². The Morgan fingerprint density at radius 3 is 2.32 bits per heavy atom. The van der Waals surface area contributed by atoms with Gasteiger partial charge >= 0.3 is 0 Å². The van der Waals surface area contributed by atoms with Gasteiger partial charge in [0.05, 0.1) is 5.75 Å². The van der Waals surface area contributed by atoms with Crippen molar-refractivity contribution in [2.75, 3.05) is 12.3 Å². The summed E-state index contributed by atoms with van der Waals surface area (Å²) >= 11 is 1.51. The number of amides is 2. The van der Waals surface area contributed by atoms with Crippen molar-refractivity contribution >= 4 is 23.6 Å². The summed E-state index contributed by atoms with van der Waals surface area (Å²) in [4.78, 5) is 28.5. The van der Waals surface area contributed by atoms with E-state index in [1.54, 1.807) is 4.90 Å². The van der Waals surface area contributed by atoms with Gasteiger partial charge in [0.1, 0.15) is 6.04 Å². The molecule has 2 rings (SSSR count). The summed E-state index contributed by atoms with van der Waals surface area (Å²) in [5.74, 6) is 0.217. The number of aryl methyl sites for hydroxylation is 1. The molecule has 1 atom stereocenters. The molecule has 0 spiro atoms. The summed E-state index contributed by atoms with van der Waals surface area (Å²) < 4.78 is 0. The van der Waals surface area contributed by atoms with Gasteiger partial charge in [-0.15, -0.1) is 11.8 Å². The van der Waals surface area contributed by atoms with Crippen LogP contribution >= 0.6 is 11.8 Å². The Bertz CT molecular complexity index is 747. The van der Waals surface area contributed by atoms with Crippen LogP contribution in [0.4, 0.5) is 0 Å². The third-order valence-corrected chi connectivity index (χ3v) is 5.51. The molecule has 4 nitrogen and oxygen atoms in total. The maximum absolute atomic E-state index is 13.1. The van der Waals surface area contributed by atoms with Gasteiger partial charge in [-0.1, -0.05) is 61.9 Å². The van der Waals surface area contributed by atoms with Crippen LogP contribution in [0.15, 0.2) is 59.5 Å². The maximum atomic E-state index is 13.1. The van der Waals surface area contributed by atoms with Gasteiger partial charge in [0.15, 0.2) is 0 Å². The molecule has 0 bridgehead atoms. The Hall–Kier alpha value is -2.27. The lowest BCUT2D eigenvalue weighted by Gasteiger charge is -2.30. The van der Waals surface area contributed by atoms with Crippen molar-refractivity contribution in [3.05, 3.63) is 65.7 Å². The van der Waals surface area contributed by atoms with Gasteiger partial charge in [-0.25, -0.2) is 0 Å². The van der Waals surface area contributed by atoms with Crippen LogP contribution in [0.2, 0.25) is 0 Å². The summed E-state index contributed by atoms with van der Waals surface area (Å²) in [6.07, 6.45) is 1.46. The number of rotatable bonds is 10. The molecule has 0 aliphatic carbocycles. The molecular weight excluding hydrogens is 368 g/mol. The number of hydrogen-bond acceptors (Lipinski definition) is 3. The highest BCUT2D eigenvalue weighted by molar-refractivity contribution is 8.00. The van der Waals surface area contributed by atoms with Gasteiger partial charge in [-0.2, -0.15) is 0 Å². The summed E-state index contributed by atoms with van der Waals surface area (Å²) in [6.45, 7) is 7.08. The number of thioether (sulfide) groups is 1. The van der Waals surface area contributed by atoms with Gasteiger partial charge in [-0.3, -0.25) is 9.59 Å². The number of hydrogen-bond donors (Lipinski definition) is 1. The number of nitrogens with zero attached hydrogens (tertiary/aromatic N) is 1. The predicted molar refractivity (Wildman–Crippen MR) is 116 cm³/mol. The molecule has 0 heterocycles. The first-order valence-electron chi connectivity index (χ1n) is 9.85. The van der Waals surface area contributed by atoms with Crippen LogP contribution < -0.4 is 5.32 Å². The summed E-state index contributed by atoms with van der Waals surface area (Å²) in [5, 5.41) is 2.94. The van der Waals surface area contributed by atoms with E-state index in [9.17, 15) is 9.59 Å². The quantitative estimate of drug-likeness (QED) is 0.603. The van der Waals surface area contributed by atoms with E-state index in [-0.39, 0.29) is 11.8 Å². The zero-order valence-electron chi connectivity index (χ0n) is 17.0. The number of nitrogens with one attached hydrogen (secondary N) is 1. The average molecular weight is 399 g/mol. The molecule has 150 valence electrons. The van der Waals surface area contributed by atoms with Gasteiger partial charge in [-0.05, 0) is 37.5 Å². The summed E-state index contributed by atoms with van der Waals surface area (Å²) in [5.41, 5.74) is 2.22.